The topological polar surface area (TPSA) is 57.2 Å². The summed E-state index contributed by atoms with van der Waals surface area (Å²) in [6.07, 6.45) is -0.219. The van der Waals surface area contributed by atoms with Gasteiger partial charge in [0.15, 0.2) is 0 Å². The summed E-state index contributed by atoms with van der Waals surface area (Å²) in [4.78, 5) is 0. The van der Waals surface area contributed by atoms with Crippen molar-refractivity contribution in [2.24, 2.45) is 0 Å². The smallest absolute Gasteiger partial charge is 0.335 e. The molecule has 2 aliphatic rings. The number of hydrogen-bond acceptors (Lipinski definition) is 5. The fourth-order valence-electron chi connectivity index (χ4n) is 4.38. The van der Waals surface area contributed by atoms with E-state index in [1.807, 2.05) is 0 Å². The molecule has 1 N–H and O–H groups in total. The zero-order chi connectivity index (χ0) is 19.9. The molecule has 2 fully saturated rings. The van der Waals surface area contributed by atoms with Gasteiger partial charge in [0, 0.05) is 0 Å². The fraction of sp³-hybridized carbons (Fsp3) is 0.895. The first-order valence-electron chi connectivity index (χ1n) is 9.99. The Morgan fingerprint density at radius 1 is 0.923 bits per heavy atom. The van der Waals surface area contributed by atoms with Crippen molar-refractivity contribution < 1.29 is 22.8 Å². The van der Waals surface area contributed by atoms with E-state index in [1.54, 1.807) is 6.08 Å². The Balaban J connectivity index is 2.54. The lowest BCUT2D eigenvalue weighted by molar-refractivity contribution is -0.0337. The molecule has 26 heavy (non-hydrogen) atoms. The monoisotopic (exact) mass is 402 g/mol. The van der Waals surface area contributed by atoms with E-state index in [4.69, 9.17) is 17.7 Å². The van der Waals surface area contributed by atoms with Crippen LogP contribution >= 0.6 is 0 Å². The summed E-state index contributed by atoms with van der Waals surface area (Å²) in [5.74, 6) is 0. The summed E-state index contributed by atoms with van der Waals surface area (Å²) >= 11 is 0. The molecule has 2 rings (SSSR count). The summed E-state index contributed by atoms with van der Waals surface area (Å²) < 4.78 is 26.5. The van der Waals surface area contributed by atoms with E-state index in [0.717, 1.165) is 0 Å². The Morgan fingerprint density at radius 2 is 1.42 bits per heavy atom. The van der Waals surface area contributed by atoms with Gasteiger partial charge in [-0.25, -0.2) is 0 Å². The molecule has 2 aliphatic heterocycles. The van der Waals surface area contributed by atoms with Crippen LogP contribution in [0.2, 0.25) is 22.2 Å². The molecule has 0 bridgehead atoms. The van der Waals surface area contributed by atoms with E-state index in [9.17, 15) is 5.11 Å². The maximum atomic E-state index is 10.7. The minimum atomic E-state index is -2.69. The van der Waals surface area contributed by atoms with Gasteiger partial charge < -0.3 is 22.8 Å². The van der Waals surface area contributed by atoms with Crippen LogP contribution in [0, 0.1) is 0 Å². The first-order chi connectivity index (χ1) is 12.0. The maximum Gasteiger partial charge on any atom is 0.335 e. The Labute approximate surface area is 161 Å². The Hall–Kier alpha value is -0.0262. The number of fused-ring (bicyclic) bond motifs is 1. The van der Waals surface area contributed by atoms with Crippen molar-refractivity contribution in [1.29, 1.82) is 0 Å². The minimum absolute atomic E-state index is 0.240. The van der Waals surface area contributed by atoms with Crippen molar-refractivity contribution in [2.45, 2.75) is 102 Å². The first-order valence-corrected chi connectivity index (χ1v) is 13.9. The molecule has 2 saturated heterocycles. The number of aliphatic hydroxyl groups is 1. The second-order valence-electron chi connectivity index (χ2n) is 8.92. The van der Waals surface area contributed by atoms with E-state index >= 15 is 0 Å². The molecule has 2 heterocycles. The average molecular weight is 403 g/mol. The summed E-state index contributed by atoms with van der Waals surface area (Å²) in [6, 6.07) is 0. The third kappa shape index (κ3) is 3.64. The third-order valence-electron chi connectivity index (χ3n) is 5.94. The van der Waals surface area contributed by atoms with Gasteiger partial charge in [-0.1, -0.05) is 61.5 Å². The van der Waals surface area contributed by atoms with Crippen LogP contribution in [0.25, 0.3) is 0 Å². The highest BCUT2D eigenvalue weighted by Gasteiger charge is 2.61. The normalized spacial score (nSPS) is 34.2. The molecule has 0 unspecified atom stereocenters. The lowest BCUT2D eigenvalue weighted by Crippen LogP contribution is -2.65. The predicted molar refractivity (Wildman–Crippen MR) is 109 cm³/mol. The fourth-order valence-corrected chi connectivity index (χ4v) is 15.6. The highest BCUT2D eigenvalue weighted by molar-refractivity contribution is 6.83. The van der Waals surface area contributed by atoms with Crippen molar-refractivity contribution in [3.05, 3.63) is 12.7 Å². The summed E-state index contributed by atoms with van der Waals surface area (Å²) in [7, 11) is -5.23. The molecule has 0 aromatic carbocycles. The molecule has 0 aliphatic carbocycles. The molecule has 7 heteroatoms. The highest BCUT2D eigenvalue weighted by Crippen LogP contribution is 2.47. The average Bonchev–Trinajstić information content (AvgIpc) is 2.81. The number of hydrogen-bond donors (Lipinski definition) is 1. The quantitative estimate of drug-likeness (QED) is 0.550. The molecular formula is C19H38O5Si2. The predicted octanol–water partition coefficient (Wildman–Crippen LogP) is 4.26. The van der Waals surface area contributed by atoms with Crippen LogP contribution in [-0.4, -0.2) is 53.3 Å². The molecule has 0 aromatic heterocycles. The van der Waals surface area contributed by atoms with Gasteiger partial charge in [-0.3, -0.25) is 0 Å². The number of rotatable bonds is 5. The van der Waals surface area contributed by atoms with Crippen LogP contribution < -0.4 is 0 Å². The molecule has 0 radical (unpaired) electrons. The molecule has 0 spiro atoms. The zero-order valence-corrected chi connectivity index (χ0v) is 19.7. The molecule has 152 valence electrons. The zero-order valence-electron chi connectivity index (χ0n) is 17.7. The molecular weight excluding hydrogens is 364 g/mol. The van der Waals surface area contributed by atoms with Crippen LogP contribution in [-0.2, 0) is 17.7 Å². The van der Waals surface area contributed by atoms with Gasteiger partial charge in [0.1, 0.15) is 24.4 Å². The first kappa shape index (κ1) is 22.3. The second-order valence-corrected chi connectivity index (χ2v) is 17.8. The van der Waals surface area contributed by atoms with Gasteiger partial charge in [-0.15, -0.1) is 6.58 Å². The minimum Gasteiger partial charge on any atom is -0.414 e. The molecule has 0 saturated carbocycles. The van der Waals surface area contributed by atoms with Crippen LogP contribution in [0.1, 0.15) is 55.4 Å². The Morgan fingerprint density at radius 3 is 1.85 bits per heavy atom. The van der Waals surface area contributed by atoms with Gasteiger partial charge in [-0.2, -0.15) is 0 Å². The third-order valence-corrected chi connectivity index (χ3v) is 16.2. The van der Waals surface area contributed by atoms with Crippen LogP contribution in [0.3, 0.4) is 0 Å². The number of ether oxygens (including phenoxy) is 1. The SMILES string of the molecule is C=C[C@H]1O[C@@H]2CO[Si](C(C)C)(C(C)C)O[Si](C(C)C)(C(C)C)O[C@H]2[C@H]1O. The van der Waals surface area contributed by atoms with E-state index in [2.05, 4.69) is 62.0 Å². The van der Waals surface area contributed by atoms with Crippen LogP contribution in [0.4, 0.5) is 0 Å². The van der Waals surface area contributed by atoms with Crippen molar-refractivity contribution in [2.75, 3.05) is 6.61 Å². The summed E-state index contributed by atoms with van der Waals surface area (Å²) in [5, 5.41) is 10.7. The van der Waals surface area contributed by atoms with E-state index in [1.165, 1.54) is 0 Å². The van der Waals surface area contributed by atoms with Gasteiger partial charge in [0.2, 0.25) is 0 Å². The van der Waals surface area contributed by atoms with E-state index < -0.39 is 35.4 Å². The van der Waals surface area contributed by atoms with Crippen LogP contribution in [0.15, 0.2) is 12.7 Å². The molecule has 4 atom stereocenters. The summed E-state index contributed by atoms with van der Waals surface area (Å²) in [5.41, 5.74) is 1.08. The van der Waals surface area contributed by atoms with Crippen molar-refractivity contribution >= 4 is 17.1 Å². The summed E-state index contributed by atoms with van der Waals surface area (Å²) in [6.45, 7) is 21.7. The standard InChI is InChI=1S/C19H38O5Si2/c1-10-16-18(20)19-17(22-16)11-21-25(12(2)3,13(4)5)24-26(23-19,14(6)7)15(8)9/h10,12-20H,1,11H2,2-9H3/t16-,17-,18+,19-/m1/s1. The Bertz CT molecular complexity index is 478. The maximum absolute atomic E-state index is 10.7. The lowest BCUT2D eigenvalue weighted by Gasteiger charge is -2.51. The second kappa shape index (κ2) is 8.15. The Kier molecular flexibility index (Phi) is 6.98. The molecule has 5 nitrogen and oxygen atoms in total. The highest BCUT2D eigenvalue weighted by atomic mass is 28.5. The van der Waals surface area contributed by atoms with Crippen LogP contribution in [0.5, 0.6) is 0 Å². The lowest BCUT2D eigenvalue weighted by atomic mass is 10.1. The number of aliphatic hydroxyl groups excluding tert-OH is 1. The van der Waals surface area contributed by atoms with Gasteiger partial charge >= 0.3 is 17.1 Å². The molecule has 0 amide bonds. The van der Waals surface area contributed by atoms with Crippen molar-refractivity contribution in [3.63, 3.8) is 0 Å². The van der Waals surface area contributed by atoms with Gasteiger partial charge in [0.05, 0.1) is 6.61 Å². The van der Waals surface area contributed by atoms with Gasteiger partial charge in [0.25, 0.3) is 0 Å². The van der Waals surface area contributed by atoms with Crippen molar-refractivity contribution in [3.8, 4) is 0 Å². The largest absolute Gasteiger partial charge is 0.414 e. The van der Waals surface area contributed by atoms with Gasteiger partial charge in [-0.05, 0) is 22.2 Å². The molecule has 0 aromatic rings. The van der Waals surface area contributed by atoms with Crippen molar-refractivity contribution in [1.82, 2.24) is 0 Å². The van der Waals surface area contributed by atoms with E-state index in [0.29, 0.717) is 17.7 Å². The van der Waals surface area contributed by atoms with E-state index in [-0.39, 0.29) is 17.2 Å².